The Morgan fingerprint density at radius 3 is 2.75 bits per heavy atom. The zero-order valence-electron chi connectivity index (χ0n) is 11.9. The van der Waals surface area contributed by atoms with Crippen molar-refractivity contribution in [2.24, 2.45) is 17.8 Å². The Bertz CT molecular complexity index is 520. The summed E-state index contributed by atoms with van der Waals surface area (Å²) in [6, 6.07) is 0.109. The molecule has 1 heterocycles. The van der Waals surface area contributed by atoms with Gasteiger partial charge >= 0.3 is 5.97 Å². The highest BCUT2D eigenvalue weighted by molar-refractivity contribution is 5.72. The molecule has 3 rings (SSSR count). The summed E-state index contributed by atoms with van der Waals surface area (Å²) < 4.78 is 0. The summed E-state index contributed by atoms with van der Waals surface area (Å²) in [6.07, 6.45) is 6.65. The van der Waals surface area contributed by atoms with Crippen LogP contribution in [0.2, 0.25) is 0 Å². The highest BCUT2D eigenvalue weighted by Crippen LogP contribution is 2.49. The van der Waals surface area contributed by atoms with Crippen LogP contribution in [0.4, 0.5) is 0 Å². The molecule has 108 valence electrons. The van der Waals surface area contributed by atoms with Gasteiger partial charge in [0.25, 0.3) is 0 Å². The number of aliphatic carboxylic acids is 1. The van der Waals surface area contributed by atoms with Gasteiger partial charge in [0, 0.05) is 24.5 Å². The van der Waals surface area contributed by atoms with Gasteiger partial charge in [-0.3, -0.25) is 14.8 Å². The topological polar surface area (TPSA) is 75.1 Å². The van der Waals surface area contributed by atoms with E-state index in [2.05, 4.69) is 15.3 Å². The first-order valence-corrected chi connectivity index (χ1v) is 7.34. The fourth-order valence-corrected chi connectivity index (χ4v) is 4.10. The Hall–Kier alpha value is -1.49. The normalized spacial score (nSPS) is 33.3. The van der Waals surface area contributed by atoms with Gasteiger partial charge in [0.15, 0.2) is 0 Å². The third-order valence-electron chi connectivity index (χ3n) is 4.97. The monoisotopic (exact) mass is 275 g/mol. The maximum atomic E-state index is 11.5. The third-order valence-corrected chi connectivity index (χ3v) is 4.97. The van der Waals surface area contributed by atoms with Gasteiger partial charge in [-0.15, -0.1) is 0 Å². The van der Waals surface area contributed by atoms with Gasteiger partial charge in [0.2, 0.25) is 0 Å². The third kappa shape index (κ3) is 2.20. The minimum Gasteiger partial charge on any atom is -0.481 e. The number of carboxylic acid groups (broad SMARTS) is 1. The molecule has 0 spiro atoms. The van der Waals surface area contributed by atoms with E-state index in [4.69, 9.17) is 0 Å². The molecule has 5 atom stereocenters. The summed E-state index contributed by atoms with van der Waals surface area (Å²) in [5.41, 5.74) is 1.82. The number of fused-ring (bicyclic) bond motifs is 2. The van der Waals surface area contributed by atoms with E-state index in [9.17, 15) is 9.90 Å². The number of aromatic nitrogens is 2. The zero-order valence-corrected chi connectivity index (χ0v) is 11.9. The molecule has 0 radical (unpaired) electrons. The number of hydrogen-bond acceptors (Lipinski definition) is 4. The lowest BCUT2D eigenvalue weighted by Gasteiger charge is -2.31. The van der Waals surface area contributed by atoms with Crippen LogP contribution in [-0.2, 0) is 4.79 Å². The van der Waals surface area contributed by atoms with Crippen LogP contribution in [0.15, 0.2) is 12.4 Å². The van der Waals surface area contributed by atoms with Crippen LogP contribution in [0.3, 0.4) is 0 Å². The fraction of sp³-hybridized carbons (Fsp3) is 0.667. The van der Waals surface area contributed by atoms with Crippen molar-refractivity contribution in [1.82, 2.24) is 15.3 Å². The molecule has 2 aliphatic rings. The first-order chi connectivity index (χ1) is 9.58. The van der Waals surface area contributed by atoms with Crippen molar-refractivity contribution in [1.29, 1.82) is 0 Å². The van der Waals surface area contributed by atoms with Gasteiger partial charge in [0.05, 0.1) is 17.3 Å². The summed E-state index contributed by atoms with van der Waals surface area (Å²) in [5.74, 6) is -0.0448. The van der Waals surface area contributed by atoms with E-state index < -0.39 is 5.97 Å². The highest BCUT2D eigenvalue weighted by atomic mass is 16.4. The van der Waals surface area contributed by atoms with Gasteiger partial charge in [-0.1, -0.05) is 0 Å². The lowest BCUT2D eigenvalue weighted by atomic mass is 9.84. The predicted octanol–water partition coefficient (Wildman–Crippen LogP) is 1.93. The highest BCUT2D eigenvalue weighted by Gasteiger charge is 2.51. The van der Waals surface area contributed by atoms with Crippen molar-refractivity contribution in [2.45, 2.75) is 45.2 Å². The van der Waals surface area contributed by atoms with E-state index >= 15 is 0 Å². The zero-order chi connectivity index (χ0) is 14.3. The van der Waals surface area contributed by atoms with Crippen molar-refractivity contribution in [3.63, 3.8) is 0 Å². The smallest absolute Gasteiger partial charge is 0.308 e. The van der Waals surface area contributed by atoms with E-state index in [1.807, 2.05) is 13.8 Å². The van der Waals surface area contributed by atoms with Crippen LogP contribution in [0.25, 0.3) is 0 Å². The predicted molar refractivity (Wildman–Crippen MR) is 74.1 cm³/mol. The minimum absolute atomic E-state index is 0.0369. The second-order valence-corrected chi connectivity index (χ2v) is 6.14. The lowest BCUT2D eigenvalue weighted by molar-refractivity contribution is -0.144. The molecule has 5 heteroatoms. The maximum Gasteiger partial charge on any atom is 0.308 e. The van der Waals surface area contributed by atoms with Crippen molar-refractivity contribution in [3.8, 4) is 0 Å². The largest absolute Gasteiger partial charge is 0.481 e. The molecule has 1 aromatic heterocycles. The fourth-order valence-electron chi connectivity index (χ4n) is 4.10. The van der Waals surface area contributed by atoms with Crippen LogP contribution in [0, 0.1) is 24.7 Å². The van der Waals surface area contributed by atoms with Gasteiger partial charge in [-0.05, 0) is 44.9 Å². The van der Waals surface area contributed by atoms with E-state index in [1.165, 1.54) is 0 Å². The Kier molecular flexibility index (Phi) is 3.46. The number of aryl methyl sites for hydroxylation is 1. The lowest BCUT2D eigenvalue weighted by Crippen LogP contribution is -2.45. The molecule has 0 amide bonds. The molecule has 2 aliphatic carbocycles. The second-order valence-electron chi connectivity index (χ2n) is 6.14. The second kappa shape index (κ2) is 5.13. The molecule has 2 fully saturated rings. The molecule has 0 aliphatic heterocycles. The van der Waals surface area contributed by atoms with E-state index in [1.54, 1.807) is 12.4 Å². The summed E-state index contributed by atoms with van der Waals surface area (Å²) in [4.78, 5) is 20.2. The van der Waals surface area contributed by atoms with Crippen LogP contribution >= 0.6 is 0 Å². The standard InChI is InChI=1S/C15H21N3O2/c1-8-13(17-6-5-16-8)9(2)18-14-11-4-3-10(7-11)12(14)15(19)20/h5-6,9-12,14,18H,3-4,7H2,1-2H3,(H,19,20). The SMILES string of the molecule is Cc1nccnc1C(C)NC1C2CCC(C2)C1C(=O)O. The first kappa shape index (κ1) is 13.5. The van der Waals surface area contributed by atoms with Gasteiger partial charge < -0.3 is 10.4 Å². The van der Waals surface area contributed by atoms with Crippen LogP contribution < -0.4 is 5.32 Å². The van der Waals surface area contributed by atoms with Gasteiger partial charge in [-0.25, -0.2) is 0 Å². The molecule has 5 unspecified atom stereocenters. The van der Waals surface area contributed by atoms with Crippen LogP contribution in [0.5, 0.6) is 0 Å². The van der Waals surface area contributed by atoms with Crippen LogP contribution in [0.1, 0.15) is 43.6 Å². The maximum absolute atomic E-state index is 11.5. The number of carboxylic acids is 1. The minimum atomic E-state index is -0.655. The molecule has 5 nitrogen and oxygen atoms in total. The Morgan fingerprint density at radius 1 is 1.35 bits per heavy atom. The van der Waals surface area contributed by atoms with Crippen molar-refractivity contribution in [3.05, 3.63) is 23.8 Å². The average molecular weight is 275 g/mol. The number of hydrogen-bond donors (Lipinski definition) is 2. The molecule has 0 saturated heterocycles. The number of nitrogens with zero attached hydrogens (tertiary/aromatic N) is 2. The van der Waals surface area contributed by atoms with E-state index in [-0.39, 0.29) is 18.0 Å². The summed E-state index contributed by atoms with van der Waals surface area (Å²) in [5, 5.41) is 13.0. The summed E-state index contributed by atoms with van der Waals surface area (Å²) >= 11 is 0. The number of rotatable bonds is 4. The van der Waals surface area contributed by atoms with Gasteiger partial charge in [-0.2, -0.15) is 0 Å². The van der Waals surface area contributed by atoms with E-state index in [0.29, 0.717) is 11.8 Å². The quantitative estimate of drug-likeness (QED) is 0.878. The summed E-state index contributed by atoms with van der Waals surface area (Å²) in [7, 11) is 0. The molecular weight excluding hydrogens is 254 g/mol. The van der Waals surface area contributed by atoms with Crippen molar-refractivity contribution >= 4 is 5.97 Å². The Balaban J connectivity index is 1.77. The molecule has 1 aromatic rings. The van der Waals surface area contributed by atoms with Crippen molar-refractivity contribution < 1.29 is 9.90 Å². The summed E-state index contributed by atoms with van der Waals surface area (Å²) in [6.45, 7) is 3.98. The molecule has 2 saturated carbocycles. The average Bonchev–Trinajstić information content (AvgIpc) is 2.99. The first-order valence-electron chi connectivity index (χ1n) is 7.34. The molecule has 2 N–H and O–H groups in total. The van der Waals surface area contributed by atoms with Gasteiger partial charge in [0.1, 0.15) is 0 Å². The van der Waals surface area contributed by atoms with Crippen molar-refractivity contribution in [2.75, 3.05) is 0 Å². The number of nitrogens with one attached hydrogen (secondary N) is 1. The Morgan fingerprint density at radius 2 is 2.05 bits per heavy atom. The molecule has 20 heavy (non-hydrogen) atoms. The number of carbonyl (C=O) groups is 1. The molecule has 0 aromatic carbocycles. The van der Waals surface area contributed by atoms with Crippen LogP contribution in [-0.4, -0.2) is 27.1 Å². The molecular formula is C15H21N3O2. The molecule has 2 bridgehead atoms. The Labute approximate surface area is 118 Å². The van der Waals surface area contributed by atoms with E-state index in [0.717, 1.165) is 30.7 Å².